The number of pyridine rings is 1. The molecule has 1 amide bonds. The van der Waals surface area contributed by atoms with Crippen LogP contribution in [0.4, 0.5) is 5.82 Å². The number of nitrogens with zero attached hydrogens (tertiary/aromatic N) is 3. The van der Waals surface area contributed by atoms with Gasteiger partial charge in [0, 0.05) is 31.4 Å². The van der Waals surface area contributed by atoms with Crippen molar-refractivity contribution in [2.24, 2.45) is 0 Å². The fourth-order valence-corrected chi connectivity index (χ4v) is 3.39. The normalized spacial score (nSPS) is 13.6. The van der Waals surface area contributed by atoms with Gasteiger partial charge in [-0.3, -0.25) is 9.69 Å². The van der Waals surface area contributed by atoms with Gasteiger partial charge in [-0.2, -0.15) is 0 Å². The van der Waals surface area contributed by atoms with E-state index >= 15 is 0 Å². The van der Waals surface area contributed by atoms with Crippen LogP contribution in [0, 0.1) is 6.92 Å². The maximum atomic E-state index is 12.2. The minimum absolute atomic E-state index is 0.152. The lowest BCUT2D eigenvalue weighted by Gasteiger charge is -2.15. The Morgan fingerprint density at radius 2 is 2.03 bits per heavy atom. The molecule has 1 aliphatic rings. The van der Waals surface area contributed by atoms with Crippen molar-refractivity contribution < 1.29 is 18.7 Å². The number of amides is 1. The molecule has 2 aromatic heterocycles. The van der Waals surface area contributed by atoms with E-state index in [1.54, 1.807) is 31.5 Å². The van der Waals surface area contributed by atoms with Crippen molar-refractivity contribution >= 4 is 11.7 Å². The molecule has 1 aliphatic heterocycles. The van der Waals surface area contributed by atoms with Crippen LogP contribution >= 0.6 is 0 Å². The lowest BCUT2D eigenvalue weighted by atomic mass is 10.0. The number of benzene rings is 1. The predicted molar refractivity (Wildman–Crippen MR) is 112 cm³/mol. The van der Waals surface area contributed by atoms with E-state index in [4.69, 9.17) is 13.9 Å². The van der Waals surface area contributed by atoms with Gasteiger partial charge in [0.25, 0.3) is 5.91 Å². The molecule has 7 nitrogen and oxygen atoms in total. The summed E-state index contributed by atoms with van der Waals surface area (Å²) in [6.45, 7) is 3.00. The van der Waals surface area contributed by atoms with Gasteiger partial charge in [0.05, 0.1) is 26.5 Å². The highest BCUT2D eigenvalue weighted by Crippen LogP contribution is 2.27. The second-order valence-corrected chi connectivity index (χ2v) is 7.13. The zero-order chi connectivity index (χ0) is 21.1. The van der Waals surface area contributed by atoms with E-state index in [0.717, 1.165) is 16.7 Å². The summed E-state index contributed by atoms with van der Waals surface area (Å²) < 4.78 is 16.4. The van der Waals surface area contributed by atoms with Gasteiger partial charge in [-0.15, -0.1) is 0 Å². The molecule has 3 heterocycles. The number of hydrogen-bond donors (Lipinski definition) is 0. The van der Waals surface area contributed by atoms with Crippen LogP contribution in [0.2, 0.25) is 0 Å². The van der Waals surface area contributed by atoms with Gasteiger partial charge in [0.1, 0.15) is 11.6 Å². The molecule has 0 saturated heterocycles. The largest absolute Gasteiger partial charge is 0.499 e. The van der Waals surface area contributed by atoms with Crippen LogP contribution in [-0.2, 0) is 27.3 Å². The molecular formula is C23H23N3O4. The molecule has 30 heavy (non-hydrogen) atoms. The quantitative estimate of drug-likeness (QED) is 0.597. The molecule has 0 unspecified atom stereocenters. The Morgan fingerprint density at radius 3 is 2.80 bits per heavy atom. The zero-order valence-electron chi connectivity index (χ0n) is 17.2. The van der Waals surface area contributed by atoms with Crippen LogP contribution in [0.1, 0.15) is 22.6 Å². The summed E-state index contributed by atoms with van der Waals surface area (Å²) in [6.07, 6.45) is 5.42. The maximum absolute atomic E-state index is 12.2. The van der Waals surface area contributed by atoms with Gasteiger partial charge in [-0.25, -0.2) is 9.97 Å². The van der Waals surface area contributed by atoms with E-state index in [-0.39, 0.29) is 5.91 Å². The summed E-state index contributed by atoms with van der Waals surface area (Å²) in [5.74, 6) is 2.26. The van der Waals surface area contributed by atoms with Crippen LogP contribution in [0.25, 0.3) is 11.3 Å². The lowest BCUT2D eigenvalue weighted by Crippen LogP contribution is -2.26. The molecule has 0 N–H and O–H groups in total. The first-order valence-electron chi connectivity index (χ1n) is 9.62. The number of rotatable bonds is 7. The fraction of sp³-hybridized carbons (Fsp3) is 0.261. The first-order valence-corrected chi connectivity index (χ1v) is 9.62. The summed E-state index contributed by atoms with van der Waals surface area (Å²) in [6, 6.07) is 9.92. The minimum Gasteiger partial charge on any atom is -0.499 e. The smallest absolute Gasteiger partial charge is 0.256 e. The number of carbonyl (C=O) groups is 1. The number of ether oxygens (including phenoxy) is 2. The summed E-state index contributed by atoms with van der Waals surface area (Å²) in [7, 11) is 3.24. The van der Waals surface area contributed by atoms with E-state index in [2.05, 4.69) is 35.1 Å². The Kier molecular flexibility index (Phi) is 5.63. The summed E-state index contributed by atoms with van der Waals surface area (Å²) in [5, 5.41) is 0. The van der Waals surface area contributed by atoms with Crippen LogP contribution in [0.15, 0.2) is 59.0 Å². The van der Waals surface area contributed by atoms with Crippen LogP contribution in [-0.4, -0.2) is 36.6 Å². The highest BCUT2D eigenvalue weighted by atomic mass is 16.5. The molecule has 0 fully saturated rings. The molecule has 4 rings (SSSR count). The number of carbonyl (C=O) groups excluding carboxylic acids is 1. The molecule has 3 aromatic rings. The number of oxazole rings is 1. The molecular weight excluding hydrogens is 382 g/mol. The average Bonchev–Trinajstić information content (AvgIpc) is 3.37. The van der Waals surface area contributed by atoms with Gasteiger partial charge in [-0.1, -0.05) is 18.2 Å². The van der Waals surface area contributed by atoms with Gasteiger partial charge < -0.3 is 13.9 Å². The van der Waals surface area contributed by atoms with Gasteiger partial charge in [0.15, 0.2) is 11.7 Å². The Hall–Kier alpha value is -3.45. The minimum atomic E-state index is -0.152. The fourth-order valence-electron chi connectivity index (χ4n) is 3.39. The molecule has 0 atom stereocenters. The topological polar surface area (TPSA) is 77.7 Å². The second kappa shape index (κ2) is 8.51. The SMILES string of the molecule is COCc1ccc(C)c(Cc2ncc(-c3ccnc(N4CC(OC)=CC4=O)c3)o2)c1. The second-order valence-electron chi connectivity index (χ2n) is 7.13. The Morgan fingerprint density at radius 1 is 1.17 bits per heavy atom. The van der Waals surface area contributed by atoms with E-state index < -0.39 is 0 Å². The number of methoxy groups -OCH3 is 2. The van der Waals surface area contributed by atoms with Gasteiger partial charge >= 0.3 is 0 Å². The molecule has 154 valence electrons. The average molecular weight is 405 g/mol. The third-order valence-corrected chi connectivity index (χ3v) is 5.05. The third kappa shape index (κ3) is 4.11. The van der Waals surface area contributed by atoms with Crippen molar-refractivity contribution in [1.29, 1.82) is 0 Å². The Balaban J connectivity index is 1.54. The molecule has 1 aromatic carbocycles. The first kappa shape index (κ1) is 19.8. The molecule has 0 radical (unpaired) electrons. The molecule has 0 saturated carbocycles. The third-order valence-electron chi connectivity index (χ3n) is 5.05. The van der Waals surface area contributed by atoms with E-state index in [0.29, 0.717) is 42.8 Å². The van der Waals surface area contributed by atoms with Gasteiger partial charge in [0.2, 0.25) is 0 Å². The van der Waals surface area contributed by atoms with Crippen molar-refractivity contribution in [3.63, 3.8) is 0 Å². The highest BCUT2D eigenvalue weighted by Gasteiger charge is 2.25. The summed E-state index contributed by atoms with van der Waals surface area (Å²) in [4.78, 5) is 22.5. The Labute approximate surface area is 175 Å². The van der Waals surface area contributed by atoms with E-state index in [9.17, 15) is 4.79 Å². The summed E-state index contributed by atoms with van der Waals surface area (Å²) >= 11 is 0. The van der Waals surface area contributed by atoms with Crippen molar-refractivity contribution in [3.05, 3.63) is 77.1 Å². The van der Waals surface area contributed by atoms with Gasteiger partial charge in [-0.05, 0) is 35.7 Å². The number of anilines is 1. The van der Waals surface area contributed by atoms with E-state index in [1.807, 2.05) is 12.1 Å². The first-order chi connectivity index (χ1) is 14.6. The molecule has 0 spiro atoms. The molecule has 7 heteroatoms. The number of aryl methyl sites for hydroxylation is 1. The maximum Gasteiger partial charge on any atom is 0.256 e. The Bertz CT molecular complexity index is 1100. The lowest BCUT2D eigenvalue weighted by molar-refractivity contribution is -0.113. The van der Waals surface area contributed by atoms with Crippen LogP contribution < -0.4 is 4.90 Å². The number of aromatic nitrogens is 2. The van der Waals surface area contributed by atoms with Crippen molar-refractivity contribution in [2.75, 3.05) is 25.7 Å². The van der Waals surface area contributed by atoms with Crippen molar-refractivity contribution in [2.45, 2.75) is 20.0 Å². The molecule has 0 aliphatic carbocycles. The van der Waals surface area contributed by atoms with E-state index in [1.165, 1.54) is 11.6 Å². The highest BCUT2D eigenvalue weighted by molar-refractivity contribution is 6.04. The zero-order valence-corrected chi connectivity index (χ0v) is 17.2. The monoisotopic (exact) mass is 405 g/mol. The van der Waals surface area contributed by atoms with Crippen molar-refractivity contribution in [1.82, 2.24) is 9.97 Å². The standard InChI is InChI=1S/C23H23N3O4/c1-15-4-5-16(14-28-2)8-18(15)10-22-25-12-20(30-22)17-6-7-24-21(9-17)26-13-19(29-3)11-23(26)27/h4-9,11-12H,10,13-14H2,1-3H3. The number of hydrogen-bond acceptors (Lipinski definition) is 6. The van der Waals surface area contributed by atoms with Crippen LogP contribution in [0.3, 0.4) is 0 Å². The predicted octanol–water partition coefficient (Wildman–Crippen LogP) is 3.66. The summed E-state index contributed by atoms with van der Waals surface area (Å²) in [5.41, 5.74) is 4.24. The van der Waals surface area contributed by atoms with Crippen LogP contribution in [0.5, 0.6) is 0 Å². The molecule has 0 bridgehead atoms. The van der Waals surface area contributed by atoms with Crippen molar-refractivity contribution in [3.8, 4) is 11.3 Å².